The van der Waals surface area contributed by atoms with E-state index in [1.54, 1.807) is 0 Å². The SMILES string of the molecule is CCOc1cccc(C(C)CC(=O)Nc2sc3c(c2C#N)CCN(C(=O)OCCOC(C)=O)C3)c1. The molecule has 0 fully saturated rings. The van der Waals surface area contributed by atoms with E-state index < -0.39 is 12.1 Å². The highest BCUT2D eigenvalue weighted by molar-refractivity contribution is 7.16. The molecule has 1 unspecified atom stereocenters. The van der Waals surface area contributed by atoms with Gasteiger partial charge >= 0.3 is 12.1 Å². The fraction of sp³-hybridized carbons (Fsp3) is 0.440. The van der Waals surface area contributed by atoms with Gasteiger partial charge in [-0.2, -0.15) is 5.26 Å². The maximum atomic E-state index is 12.8. The van der Waals surface area contributed by atoms with Crippen LogP contribution in [0.15, 0.2) is 24.3 Å². The van der Waals surface area contributed by atoms with Crippen LogP contribution in [0.25, 0.3) is 0 Å². The van der Waals surface area contributed by atoms with Crippen LogP contribution in [0.5, 0.6) is 5.75 Å². The van der Waals surface area contributed by atoms with Crippen LogP contribution in [-0.2, 0) is 32.0 Å². The van der Waals surface area contributed by atoms with Crippen molar-refractivity contribution < 1.29 is 28.6 Å². The molecule has 0 radical (unpaired) electrons. The molecular weight excluding hydrogens is 470 g/mol. The van der Waals surface area contributed by atoms with Gasteiger partial charge in [-0.3, -0.25) is 9.59 Å². The lowest BCUT2D eigenvalue weighted by molar-refractivity contribution is -0.142. The molecule has 0 bridgehead atoms. The number of nitrogens with zero attached hydrogens (tertiary/aromatic N) is 2. The third-order valence-electron chi connectivity index (χ3n) is 5.52. The lowest BCUT2D eigenvalue weighted by Crippen LogP contribution is -2.36. The molecular formula is C25H29N3O6S. The second kappa shape index (κ2) is 12.2. The monoisotopic (exact) mass is 499 g/mol. The molecule has 10 heteroatoms. The van der Waals surface area contributed by atoms with E-state index in [2.05, 4.69) is 11.4 Å². The number of fused-ring (bicyclic) bond motifs is 1. The molecule has 3 rings (SSSR count). The molecule has 0 saturated carbocycles. The fourth-order valence-corrected chi connectivity index (χ4v) is 5.05. The minimum atomic E-state index is -0.511. The molecule has 0 spiro atoms. The Bertz CT molecular complexity index is 1120. The van der Waals surface area contributed by atoms with Crippen molar-refractivity contribution in [1.29, 1.82) is 5.26 Å². The summed E-state index contributed by atoms with van der Waals surface area (Å²) in [6.07, 6.45) is 0.233. The van der Waals surface area contributed by atoms with Gasteiger partial charge in [-0.1, -0.05) is 19.1 Å². The number of thiophene rings is 1. The molecule has 0 saturated heterocycles. The van der Waals surface area contributed by atoms with E-state index in [1.807, 2.05) is 38.1 Å². The van der Waals surface area contributed by atoms with Crippen molar-refractivity contribution in [3.8, 4) is 11.8 Å². The summed E-state index contributed by atoms with van der Waals surface area (Å²) in [6.45, 7) is 6.41. The molecule has 9 nitrogen and oxygen atoms in total. The number of nitrogens with one attached hydrogen (secondary N) is 1. The molecule has 2 heterocycles. The second-order valence-electron chi connectivity index (χ2n) is 8.10. The predicted octanol–water partition coefficient (Wildman–Crippen LogP) is 4.21. The number of hydrogen-bond donors (Lipinski definition) is 1. The first-order valence-corrected chi connectivity index (χ1v) is 12.3. The van der Waals surface area contributed by atoms with Crippen molar-refractivity contribution in [1.82, 2.24) is 4.90 Å². The number of esters is 1. The van der Waals surface area contributed by atoms with Crippen LogP contribution in [0.3, 0.4) is 0 Å². The number of anilines is 1. The van der Waals surface area contributed by atoms with Crippen molar-refractivity contribution in [2.45, 2.75) is 46.1 Å². The van der Waals surface area contributed by atoms with Gasteiger partial charge in [-0.05, 0) is 42.5 Å². The maximum Gasteiger partial charge on any atom is 0.410 e. The van der Waals surface area contributed by atoms with Crippen molar-refractivity contribution >= 4 is 34.3 Å². The number of nitriles is 1. The Morgan fingerprint density at radius 2 is 2.03 bits per heavy atom. The molecule has 2 amide bonds. The van der Waals surface area contributed by atoms with E-state index >= 15 is 0 Å². The van der Waals surface area contributed by atoms with Gasteiger partial charge in [0.2, 0.25) is 5.91 Å². The average molecular weight is 500 g/mol. The van der Waals surface area contributed by atoms with Crippen LogP contribution in [0.4, 0.5) is 9.80 Å². The van der Waals surface area contributed by atoms with Crippen molar-refractivity contribution in [3.63, 3.8) is 0 Å². The quantitative estimate of drug-likeness (QED) is 0.406. The lowest BCUT2D eigenvalue weighted by atomic mass is 9.97. The first kappa shape index (κ1) is 26.0. The molecule has 35 heavy (non-hydrogen) atoms. The Balaban J connectivity index is 1.61. The number of carbonyl (C=O) groups is 3. The molecule has 186 valence electrons. The second-order valence-corrected chi connectivity index (χ2v) is 9.21. The van der Waals surface area contributed by atoms with E-state index in [4.69, 9.17) is 14.2 Å². The number of amides is 2. The summed E-state index contributed by atoms with van der Waals surface area (Å²) in [6, 6.07) is 9.90. The summed E-state index contributed by atoms with van der Waals surface area (Å²) in [7, 11) is 0. The minimum Gasteiger partial charge on any atom is -0.494 e. The first-order chi connectivity index (χ1) is 16.8. The number of ether oxygens (including phenoxy) is 3. The summed E-state index contributed by atoms with van der Waals surface area (Å²) < 4.78 is 15.5. The highest BCUT2D eigenvalue weighted by Crippen LogP contribution is 2.37. The zero-order valence-electron chi connectivity index (χ0n) is 20.1. The largest absolute Gasteiger partial charge is 0.494 e. The number of rotatable bonds is 9. The van der Waals surface area contributed by atoms with Gasteiger partial charge in [-0.15, -0.1) is 11.3 Å². The highest BCUT2D eigenvalue weighted by Gasteiger charge is 2.28. The van der Waals surface area contributed by atoms with Gasteiger partial charge in [0.05, 0.1) is 18.7 Å². The molecule has 1 aromatic carbocycles. The van der Waals surface area contributed by atoms with Crippen LogP contribution in [0.2, 0.25) is 0 Å². The van der Waals surface area contributed by atoms with E-state index in [0.29, 0.717) is 30.1 Å². The summed E-state index contributed by atoms with van der Waals surface area (Å²) in [5.74, 6) is 0.114. The van der Waals surface area contributed by atoms with Gasteiger partial charge in [-0.25, -0.2) is 4.79 Å². The Hall–Kier alpha value is -3.58. The summed E-state index contributed by atoms with van der Waals surface area (Å²) in [5.41, 5.74) is 2.31. The lowest BCUT2D eigenvalue weighted by Gasteiger charge is -2.26. The molecule has 1 N–H and O–H groups in total. The molecule has 0 aliphatic carbocycles. The third kappa shape index (κ3) is 6.96. The topological polar surface area (TPSA) is 118 Å². The van der Waals surface area contributed by atoms with Crippen molar-refractivity contribution in [3.05, 3.63) is 45.8 Å². The van der Waals surface area contributed by atoms with E-state index in [0.717, 1.165) is 21.8 Å². The van der Waals surface area contributed by atoms with Crippen molar-refractivity contribution in [2.24, 2.45) is 0 Å². The van der Waals surface area contributed by atoms with Crippen LogP contribution in [0, 0.1) is 11.3 Å². The van der Waals surface area contributed by atoms with Gasteiger partial charge < -0.3 is 24.4 Å². The van der Waals surface area contributed by atoms with E-state index in [9.17, 15) is 19.6 Å². The molecule has 1 aliphatic heterocycles. The van der Waals surface area contributed by atoms with Crippen LogP contribution >= 0.6 is 11.3 Å². The van der Waals surface area contributed by atoms with Crippen LogP contribution < -0.4 is 10.1 Å². The van der Waals surface area contributed by atoms with Gasteiger partial charge in [0, 0.05) is 24.8 Å². The van der Waals surface area contributed by atoms with Crippen LogP contribution in [0.1, 0.15) is 54.7 Å². The maximum absolute atomic E-state index is 12.8. The number of carbonyl (C=O) groups excluding carboxylic acids is 3. The normalized spacial score (nSPS) is 13.3. The minimum absolute atomic E-state index is 0.00225. The Morgan fingerprint density at radius 3 is 2.74 bits per heavy atom. The highest BCUT2D eigenvalue weighted by atomic mass is 32.1. The Kier molecular flexibility index (Phi) is 9.09. The molecule has 1 aromatic heterocycles. The zero-order valence-corrected chi connectivity index (χ0v) is 20.9. The molecule has 1 atom stereocenters. The Morgan fingerprint density at radius 1 is 1.26 bits per heavy atom. The molecule has 1 aliphatic rings. The smallest absolute Gasteiger partial charge is 0.410 e. The predicted molar refractivity (Wildman–Crippen MR) is 130 cm³/mol. The van der Waals surface area contributed by atoms with E-state index in [1.165, 1.54) is 23.2 Å². The van der Waals surface area contributed by atoms with Gasteiger partial charge in [0.25, 0.3) is 0 Å². The first-order valence-electron chi connectivity index (χ1n) is 11.4. The van der Waals surface area contributed by atoms with E-state index in [-0.39, 0.29) is 38.0 Å². The van der Waals surface area contributed by atoms with Crippen LogP contribution in [-0.4, -0.2) is 49.2 Å². The summed E-state index contributed by atoms with van der Waals surface area (Å²) in [4.78, 5) is 38.3. The number of benzene rings is 1. The van der Waals surface area contributed by atoms with Crippen molar-refractivity contribution in [2.75, 3.05) is 31.7 Å². The van der Waals surface area contributed by atoms with Gasteiger partial charge in [0.1, 0.15) is 30.0 Å². The summed E-state index contributed by atoms with van der Waals surface area (Å²) >= 11 is 1.31. The zero-order chi connectivity index (χ0) is 25.4. The average Bonchev–Trinajstić information content (AvgIpc) is 3.17. The summed E-state index contributed by atoms with van der Waals surface area (Å²) in [5, 5.41) is 13.1. The number of hydrogen-bond acceptors (Lipinski definition) is 8. The standard InChI is InChI=1S/C25H29N3O6S/c1-4-32-19-7-5-6-18(13-19)16(2)12-23(30)27-24-21(14-26)20-8-9-28(15-22(20)35-24)25(31)34-11-10-33-17(3)29/h5-7,13,16H,4,8-12,15H2,1-3H3,(H,27,30). The fourth-order valence-electron chi connectivity index (χ4n) is 3.82. The van der Waals surface area contributed by atoms with Gasteiger partial charge in [0.15, 0.2) is 0 Å². The Labute approximate surface area is 208 Å². The third-order valence-corrected chi connectivity index (χ3v) is 6.66. The molecule has 2 aromatic rings.